The summed E-state index contributed by atoms with van der Waals surface area (Å²) in [4.78, 5) is 17.1. The first kappa shape index (κ1) is 18.4. The van der Waals surface area contributed by atoms with Crippen molar-refractivity contribution >= 4 is 5.91 Å². The number of halogens is 1. The Hall–Kier alpha value is -1.42. The number of likely N-dealkylation sites (tertiary alicyclic amines) is 2. The van der Waals surface area contributed by atoms with E-state index in [1.54, 1.807) is 0 Å². The first-order chi connectivity index (χ1) is 12.2. The molecule has 3 rings (SSSR count). The highest BCUT2D eigenvalue weighted by Crippen LogP contribution is 2.39. The van der Waals surface area contributed by atoms with Crippen molar-refractivity contribution < 1.29 is 9.18 Å². The smallest absolute Gasteiger partial charge is 0.222 e. The highest BCUT2D eigenvalue weighted by molar-refractivity contribution is 5.77. The molecule has 4 heteroatoms. The fraction of sp³-hybridized carbons (Fsp3) is 0.667. The van der Waals surface area contributed by atoms with Gasteiger partial charge in [-0.3, -0.25) is 9.18 Å². The van der Waals surface area contributed by atoms with Crippen LogP contribution in [0, 0.1) is 5.41 Å². The zero-order valence-electron chi connectivity index (χ0n) is 15.3. The molecule has 0 saturated carbocycles. The molecule has 0 radical (unpaired) electrons. The van der Waals surface area contributed by atoms with E-state index >= 15 is 0 Å². The maximum atomic E-state index is 12.4. The topological polar surface area (TPSA) is 23.6 Å². The zero-order valence-corrected chi connectivity index (χ0v) is 15.3. The molecule has 1 amide bonds. The van der Waals surface area contributed by atoms with Crippen LogP contribution in [-0.4, -0.2) is 48.6 Å². The highest BCUT2D eigenvalue weighted by atomic mass is 19.1. The first-order valence-corrected chi connectivity index (χ1v) is 9.81. The Balaban J connectivity index is 1.57. The van der Waals surface area contributed by atoms with Crippen molar-refractivity contribution in [3.8, 4) is 0 Å². The Labute approximate surface area is 151 Å². The molecule has 0 N–H and O–H groups in total. The molecule has 1 aromatic rings. The number of benzene rings is 1. The average Bonchev–Trinajstić information content (AvgIpc) is 2.63. The largest absolute Gasteiger partial charge is 0.338 e. The SMILES string of the molecule is O=C1CC[C@@]2(CCCN(CCCCCF)C2)CN1Cc1ccccc1. The van der Waals surface area contributed by atoms with E-state index in [0.29, 0.717) is 18.7 Å². The standard InChI is InChI=1S/C21H31FN2O/c22-13-5-2-6-14-23-15-7-11-21(17-23)12-10-20(25)24(18-21)16-19-8-3-1-4-9-19/h1,3-4,8-9H,2,5-7,10-18H2/t21-/m1/s1. The summed E-state index contributed by atoms with van der Waals surface area (Å²) in [6, 6.07) is 10.3. The summed E-state index contributed by atoms with van der Waals surface area (Å²) in [6.45, 7) is 4.76. The molecule has 25 heavy (non-hydrogen) atoms. The van der Waals surface area contributed by atoms with Crippen LogP contribution in [0.5, 0.6) is 0 Å². The monoisotopic (exact) mass is 346 g/mol. The Bertz CT molecular complexity index is 550. The van der Waals surface area contributed by atoms with Crippen molar-refractivity contribution in [2.45, 2.75) is 51.5 Å². The van der Waals surface area contributed by atoms with E-state index in [2.05, 4.69) is 21.9 Å². The molecule has 0 bridgehead atoms. The first-order valence-electron chi connectivity index (χ1n) is 9.81. The van der Waals surface area contributed by atoms with Gasteiger partial charge in [-0.05, 0) is 57.2 Å². The summed E-state index contributed by atoms with van der Waals surface area (Å²) in [5, 5.41) is 0. The van der Waals surface area contributed by atoms with Crippen molar-refractivity contribution in [1.82, 2.24) is 9.80 Å². The number of hydrogen-bond acceptors (Lipinski definition) is 2. The predicted molar refractivity (Wildman–Crippen MR) is 99.0 cm³/mol. The number of unbranched alkanes of at least 4 members (excludes halogenated alkanes) is 2. The Morgan fingerprint density at radius 1 is 1.04 bits per heavy atom. The maximum absolute atomic E-state index is 12.4. The number of rotatable bonds is 7. The average molecular weight is 346 g/mol. The van der Waals surface area contributed by atoms with Crippen LogP contribution >= 0.6 is 0 Å². The third-order valence-corrected chi connectivity index (χ3v) is 5.81. The van der Waals surface area contributed by atoms with Gasteiger partial charge in [0, 0.05) is 31.5 Å². The molecule has 0 aliphatic carbocycles. The molecule has 2 aliphatic rings. The van der Waals surface area contributed by atoms with Crippen molar-refractivity contribution in [3.05, 3.63) is 35.9 Å². The zero-order chi connectivity index (χ0) is 17.5. The fourth-order valence-corrected chi connectivity index (χ4v) is 4.49. The summed E-state index contributed by atoms with van der Waals surface area (Å²) >= 11 is 0. The number of amides is 1. The van der Waals surface area contributed by atoms with Crippen LogP contribution in [0.2, 0.25) is 0 Å². The van der Waals surface area contributed by atoms with E-state index in [-0.39, 0.29) is 12.1 Å². The van der Waals surface area contributed by atoms with Crippen LogP contribution in [0.25, 0.3) is 0 Å². The van der Waals surface area contributed by atoms with Gasteiger partial charge in [-0.1, -0.05) is 30.3 Å². The van der Waals surface area contributed by atoms with Gasteiger partial charge in [0.25, 0.3) is 0 Å². The molecule has 2 heterocycles. The molecule has 138 valence electrons. The molecule has 1 spiro atoms. The van der Waals surface area contributed by atoms with Gasteiger partial charge in [0.05, 0.1) is 6.67 Å². The minimum atomic E-state index is -0.194. The number of carbonyl (C=O) groups is 1. The van der Waals surface area contributed by atoms with Gasteiger partial charge in [0.15, 0.2) is 0 Å². The van der Waals surface area contributed by atoms with Crippen molar-refractivity contribution in [2.24, 2.45) is 5.41 Å². The van der Waals surface area contributed by atoms with E-state index in [1.165, 1.54) is 18.4 Å². The summed E-state index contributed by atoms with van der Waals surface area (Å²) in [7, 11) is 0. The van der Waals surface area contributed by atoms with Gasteiger partial charge >= 0.3 is 0 Å². The van der Waals surface area contributed by atoms with Gasteiger partial charge < -0.3 is 9.80 Å². The van der Waals surface area contributed by atoms with Crippen LogP contribution < -0.4 is 0 Å². The number of hydrogen-bond donors (Lipinski definition) is 0. The van der Waals surface area contributed by atoms with Crippen molar-refractivity contribution in [3.63, 3.8) is 0 Å². The Morgan fingerprint density at radius 2 is 1.88 bits per heavy atom. The van der Waals surface area contributed by atoms with Crippen LogP contribution in [0.1, 0.15) is 50.5 Å². The lowest BCUT2D eigenvalue weighted by atomic mass is 9.73. The van der Waals surface area contributed by atoms with E-state index < -0.39 is 0 Å². The Morgan fingerprint density at radius 3 is 2.68 bits per heavy atom. The third kappa shape index (κ3) is 5.04. The fourth-order valence-electron chi connectivity index (χ4n) is 4.49. The Kier molecular flexibility index (Phi) is 6.46. The summed E-state index contributed by atoms with van der Waals surface area (Å²) in [6.07, 6.45) is 6.92. The quantitative estimate of drug-likeness (QED) is 0.696. The van der Waals surface area contributed by atoms with Gasteiger partial charge in [0.1, 0.15) is 0 Å². The van der Waals surface area contributed by atoms with Crippen LogP contribution in [0.3, 0.4) is 0 Å². The molecule has 1 aromatic carbocycles. The minimum absolute atomic E-state index is 0.194. The van der Waals surface area contributed by atoms with Gasteiger partial charge in [-0.2, -0.15) is 0 Å². The molecule has 2 saturated heterocycles. The second-order valence-electron chi connectivity index (χ2n) is 7.86. The number of piperidine rings is 2. The summed E-state index contributed by atoms with van der Waals surface area (Å²) < 4.78 is 12.3. The van der Waals surface area contributed by atoms with E-state index in [1.807, 2.05) is 18.2 Å². The summed E-state index contributed by atoms with van der Waals surface area (Å²) in [5.41, 5.74) is 1.48. The van der Waals surface area contributed by atoms with E-state index in [9.17, 15) is 9.18 Å². The lowest BCUT2D eigenvalue weighted by Crippen LogP contribution is -2.53. The second kappa shape index (κ2) is 8.79. The number of nitrogens with zero attached hydrogens (tertiary/aromatic N) is 2. The second-order valence-corrected chi connectivity index (χ2v) is 7.86. The van der Waals surface area contributed by atoms with Crippen LogP contribution in [0.15, 0.2) is 30.3 Å². The van der Waals surface area contributed by atoms with E-state index in [4.69, 9.17) is 0 Å². The molecule has 2 fully saturated rings. The molecule has 3 nitrogen and oxygen atoms in total. The van der Waals surface area contributed by atoms with Gasteiger partial charge in [0.2, 0.25) is 5.91 Å². The molecule has 0 aromatic heterocycles. The van der Waals surface area contributed by atoms with Gasteiger partial charge in [-0.15, -0.1) is 0 Å². The van der Waals surface area contributed by atoms with Crippen LogP contribution in [0.4, 0.5) is 4.39 Å². The normalized spacial score (nSPS) is 24.8. The predicted octanol–water partition coefficient (Wildman–Crippen LogP) is 4.03. The molecular weight excluding hydrogens is 315 g/mol. The van der Waals surface area contributed by atoms with Crippen molar-refractivity contribution in [2.75, 3.05) is 32.9 Å². The minimum Gasteiger partial charge on any atom is -0.338 e. The van der Waals surface area contributed by atoms with Gasteiger partial charge in [-0.25, -0.2) is 0 Å². The third-order valence-electron chi connectivity index (χ3n) is 5.81. The highest BCUT2D eigenvalue weighted by Gasteiger charge is 2.41. The number of carbonyl (C=O) groups excluding carboxylic acids is 1. The molecule has 1 atom stereocenters. The van der Waals surface area contributed by atoms with Crippen LogP contribution in [-0.2, 0) is 11.3 Å². The maximum Gasteiger partial charge on any atom is 0.222 e. The molecule has 2 aliphatic heterocycles. The number of alkyl halides is 1. The lowest BCUT2D eigenvalue weighted by Gasteiger charge is -2.48. The molecular formula is C21H31FN2O. The van der Waals surface area contributed by atoms with Crippen molar-refractivity contribution in [1.29, 1.82) is 0 Å². The lowest BCUT2D eigenvalue weighted by molar-refractivity contribution is -0.140. The molecule has 0 unspecified atom stereocenters. The van der Waals surface area contributed by atoms with E-state index in [0.717, 1.165) is 52.0 Å². The summed E-state index contributed by atoms with van der Waals surface area (Å²) in [5.74, 6) is 0.301.